The van der Waals surface area contributed by atoms with Crippen molar-refractivity contribution in [3.8, 4) is 0 Å². The van der Waals surface area contributed by atoms with Gasteiger partial charge in [0.15, 0.2) is 0 Å². The summed E-state index contributed by atoms with van der Waals surface area (Å²) in [6, 6.07) is 0. The fraction of sp³-hybridized carbons (Fsp3) is 0.900. The van der Waals surface area contributed by atoms with Gasteiger partial charge in [-0.05, 0) is 18.8 Å². The first-order valence-corrected chi connectivity index (χ1v) is 4.57. The van der Waals surface area contributed by atoms with Gasteiger partial charge in [-0.3, -0.25) is 4.79 Å². The second-order valence-electron chi connectivity index (χ2n) is 4.81. The van der Waals surface area contributed by atoms with E-state index in [-0.39, 0.29) is 11.2 Å². The van der Waals surface area contributed by atoms with Crippen molar-refractivity contribution < 1.29 is 9.18 Å². The molecule has 0 amide bonds. The zero-order valence-corrected chi connectivity index (χ0v) is 8.06. The Bertz CT molecular complexity index is 175. The van der Waals surface area contributed by atoms with Gasteiger partial charge in [-0.2, -0.15) is 0 Å². The van der Waals surface area contributed by atoms with Crippen molar-refractivity contribution >= 4 is 5.78 Å². The van der Waals surface area contributed by atoms with Crippen molar-refractivity contribution in [1.29, 1.82) is 0 Å². The highest BCUT2D eigenvalue weighted by Gasteiger charge is 2.33. The van der Waals surface area contributed by atoms with Crippen LogP contribution in [0.5, 0.6) is 0 Å². The van der Waals surface area contributed by atoms with Crippen LogP contribution < -0.4 is 0 Å². The van der Waals surface area contributed by atoms with Crippen LogP contribution in [0.25, 0.3) is 0 Å². The molecule has 0 unspecified atom stereocenters. The molecule has 1 saturated carbocycles. The van der Waals surface area contributed by atoms with E-state index in [4.69, 9.17) is 0 Å². The standard InChI is InChI=1S/C10H17FO/c1-10(2,3)9(12)6-7-4-8(11)5-7/h7-8H,4-6H2,1-3H3. The van der Waals surface area contributed by atoms with E-state index in [1.165, 1.54) is 0 Å². The molecule has 0 saturated heterocycles. The Morgan fingerprint density at radius 3 is 2.25 bits per heavy atom. The van der Waals surface area contributed by atoms with Crippen LogP contribution in [-0.4, -0.2) is 12.0 Å². The molecule has 0 aromatic heterocycles. The summed E-state index contributed by atoms with van der Waals surface area (Å²) >= 11 is 0. The van der Waals surface area contributed by atoms with Crippen LogP contribution in [0.3, 0.4) is 0 Å². The third kappa shape index (κ3) is 2.29. The molecule has 0 atom stereocenters. The molecule has 0 aliphatic heterocycles. The molecule has 0 aromatic carbocycles. The number of rotatable bonds is 2. The Morgan fingerprint density at radius 1 is 1.42 bits per heavy atom. The largest absolute Gasteiger partial charge is 0.299 e. The minimum Gasteiger partial charge on any atom is -0.299 e. The molecule has 0 bridgehead atoms. The van der Waals surface area contributed by atoms with E-state index >= 15 is 0 Å². The molecule has 1 aliphatic carbocycles. The van der Waals surface area contributed by atoms with E-state index in [1.807, 2.05) is 20.8 Å². The molecule has 2 heteroatoms. The molecule has 0 heterocycles. The maximum Gasteiger partial charge on any atom is 0.138 e. The van der Waals surface area contributed by atoms with E-state index in [0.29, 0.717) is 25.2 Å². The van der Waals surface area contributed by atoms with Gasteiger partial charge in [0.1, 0.15) is 12.0 Å². The summed E-state index contributed by atoms with van der Waals surface area (Å²) in [6.07, 6.45) is 1.14. The molecule has 70 valence electrons. The molecule has 1 fully saturated rings. The van der Waals surface area contributed by atoms with Gasteiger partial charge in [-0.1, -0.05) is 20.8 Å². The van der Waals surface area contributed by atoms with Crippen LogP contribution in [0.4, 0.5) is 4.39 Å². The van der Waals surface area contributed by atoms with Crippen LogP contribution in [0, 0.1) is 11.3 Å². The van der Waals surface area contributed by atoms with Gasteiger partial charge in [0.05, 0.1) is 0 Å². The molecule has 0 N–H and O–H groups in total. The van der Waals surface area contributed by atoms with Crippen molar-refractivity contribution in [3.63, 3.8) is 0 Å². The maximum absolute atomic E-state index is 12.4. The number of ketones is 1. The lowest BCUT2D eigenvalue weighted by molar-refractivity contribution is -0.128. The van der Waals surface area contributed by atoms with E-state index in [2.05, 4.69) is 0 Å². The summed E-state index contributed by atoms with van der Waals surface area (Å²) in [5.74, 6) is 0.589. The first kappa shape index (κ1) is 9.69. The number of carbonyl (C=O) groups excluding carboxylic acids is 1. The fourth-order valence-electron chi connectivity index (χ4n) is 1.39. The Balaban J connectivity index is 2.28. The third-order valence-corrected chi connectivity index (χ3v) is 2.49. The van der Waals surface area contributed by atoms with E-state index in [0.717, 1.165) is 0 Å². The molecular formula is C10H17FO. The average molecular weight is 172 g/mol. The lowest BCUT2D eigenvalue weighted by atomic mass is 9.76. The van der Waals surface area contributed by atoms with Crippen molar-refractivity contribution in [3.05, 3.63) is 0 Å². The first-order chi connectivity index (χ1) is 5.39. The van der Waals surface area contributed by atoms with Gasteiger partial charge in [0.2, 0.25) is 0 Å². The van der Waals surface area contributed by atoms with Crippen LogP contribution >= 0.6 is 0 Å². The maximum atomic E-state index is 12.4. The monoisotopic (exact) mass is 172 g/mol. The molecular weight excluding hydrogens is 155 g/mol. The molecule has 1 aliphatic rings. The molecule has 12 heavy (non-hydrogen) atoms. The van der Waals surface area contributed by atoms with Gasteiger partial charge >= 0.3 is 0 Å². The number of halogens is 1. The topological polar surface area (TPSA) is 17.1 Å². The van der Waals surface area contributed by atoms with Gasteiger partial charge in [-0.15, -0.1) is 0 Å². The summed E-state index contributed by atoms with van der Waals surface area (Å²) in [7, 11) is 0. The molecule has 0 spiro atoms. The number of hydrogen-bond acceptors (Lipinski definition) is 1. The highest BCUT2D eigenvalue weighted by molar-refractivity contribution is 5.83. The van der Waals surface area contributed by atoms with Crippen LogP contribution in [-0.2, 0) is 4.79 Å². The normalized spacial score (nSPS) is 29.7. The number of hydrogen-bond donors (Lipinski definition) is 0. The minimum absolute atomic E-state index is 0.249. The fourth-order valence-corrected chi connectivity index (χ4v) is 1.39. The summed E-state index contributed by atoms with van der Waals surface area (Å²) in [5, 5.41) is 0. The average Bonchev–Trinajstić information content (AvgIpc) is 1.82. The minimum atomic E-state index is -0.636. The summed E-state index contributed by atoms with van der Waals surface area (Å²) in [6.45, 7) is 5.75. The zero-order chi connectivity index (χ0) is 9.35. The predicted octanol–water partition coefficient (Wildman–Crippen LogP) is 2.74. The highest BCUT2D eigenvalue weighted by atomic mass is 19.1. The van der Waals surface area contributed by atoms with Gasteiger partial charge in [-0.25, -0.2) is 4.39 Å². The predicted molar refractivity (Wildman–Crippen MR) is 46.7 cm³/mol. The number of carbonyl (C=O) groups is 1. The summed E-state index contributed by atoms with van der Waals surface area (Å²) < 4.78 is 12.4. The highest BCUT2D eigenvalue weighted by Crippen LogP contribution is 2.34. The molecule has 0 radical (unpaired) electrons. The quantitative estimate of drug-likeness (QED) is 0.626. The summed E-state index contributed by atoms with van der Waals surface area (Å²) in [5.41, 5.74) is -0.249. The van der Waals surface area contributed by atoms with Crippen LogP contribution in [0.1, 0.15) is 40.0 Å². The third-order valence-electron chi connectivity index (χ3n) is 2.49. The van der Waals surface area contributed by atoms with Crippen molar-refractivity contribution in [1.82, 2.24) is 0 Å². The lowest BCUT2D eigenvalue weighted by Crippen LogP contribution is -2.31. The Kier molecular flexibility index (Phi) is 2.55. The first-order valence-electron chi connectivity index (χ1n) is 4.57. The summed E-state index contributed by atoms with van der Waals surface area (Å²) in [4.78, 5) is 11.5. The van der Waals surface area contributed by atoms with Crippen molar-refractivity contribution in [2.45, 2.75) is 46.2 Å². The van der Waals surface area contributed by atoms with E-state index < -0.39 is 6.17 Å². The number of Topliss-reactive ketones (excluding diaryl/α,β-unsaturated/α-hetero) is 1. The van der Waals surface area contributed by atoms with Gasteiger partial charge < -0.3 is 0 Å². The van der Waals surface area contributed by atoms with Crippen LogP contribution in [0.2, 0.25) is 0 Å². The zero-order valence-electron chi connectivity index (χ0n) is 8.06. The van der Waals surface area contributed by atoms with Crippen molar-refractivity contribution in [2.24, 2.45) is 11.3 Å². The lowest BCUT2D eigenvalue weighted by Gasteiger charge is -2.31. The molecule has 1 rings (SSSR count). The van der Waals surface area contributed by atoms with Gasteiger partial charge in [0.25, 0.3) is 0 Å². The molecule has 0 aromatic rings. The van der Waals surface area contributed by atoms with Gasteiger partial charge in [0, 0.05) is 11.8 Å². The van der Waals surface area contributed by atoms with Crippen LogP contribution in [0.15, 0.2) is 0 Å². The van der Waals surface area contributed by atoms with Crippen molar-refractivity contribution in [2.75, 3.05) is 0 Å². The Morgan fingerprint density at radius 2 is 1.92 bits per heavy atom. The smallest absolute Gasteiger partial charge is 0.138 e. The van der Waals surface area contributed by atoms with E-state index in [1.54, 1.807) is 0 Å². The van der Waals surface area contributed by atoms with E-state index in [9.17, 15) is 9.18 Å². The number of alkyl halides is 1. The molecule has 1 nitrogen and oxygen atoms in total. The Hall–Kier alpha value is -0.400. The Labute approximate surface area is 73.3 Å². The SMILES string of the molecule is CC(C)(C)C(=O)CC1CC(F)C1. The second-order valence-corrected chi connectivity index (χ2v) is 4.81. The second kappa shape index (κ2) is 3.15.